The maximum atomic E-state index is 5.01. The van der Waals surface area contributed by atoms with E-state index in [4.69, 9.17) is 4.98 Å². The second kappa shape index (κ2) is 9.75. The van der Waals surface area contributed by atoms with Crippen LogP contribution in [0.2, 0.25) is 0 Å². The van der Waals surface area contributed by atoms with Crippen molar-refractivity contribution >= 4 is 38.6 Å². The minimum absolute atomic E-state index is 0.0820. The van der Waals surface area contributed by atoms with E-state index in [1.807, 2.05) is 0 Å². The Labute approximate surface area is 274 Å². The van der Waals surface area contributed by atoms with E-state index in [0.29, 0.717) is 0 Å². The van der Waals surface area contributed by atoms with E-state index in [1.165, 1.54) is 60.6 Å². The SMILES string of the molecule is CC1(C)c2ccccc2-c2ccc(N(c3ccc4c(c3)C(C)(C)c3ccccc3-4)c3ccc4nc(-c5ccccc5)sc4c3)cc21. The van der Waals surface area contributed by atoms with E-state index in [2.05, 4.69) is 166 Å². The zero-order valence-electron chi connectivity index (χ0n) is 26.5. The molecular weight excluding hydrogens is 577 g/mol. The van der Waals surface area contributed by atoms with Gasteiger partial charge in [0.25, 0.3) is 0 Å². The van der Waals surface area contributed by atoms with Crippen molar-refractivity contribution in [3.05, 3.63) is 156 Å². The summed E-state index contributed by atoms with van der Waals surface area (Å²) in [5.74, 6) is 0. The summed E-state index contributed by atoms with van der Waals surface area (Å²) in [6.07, 6.45) is 0. The molecule has 1 aromatic heterocycles. The van der Waals surface area contributed by atoms with Crippen molar-refractivity contribution < 1.29 is 0 Å². The van der Waals surface area contributed by atoms with Crippen LogP contribution in [0.5, 0.6) is 0 Å². The number of nitrogens with zero attached hydrogens (tertiary/aromatic N) is 2. The normalized spacial score (nSPS) is 14.9. The average Bonchev–Trinajstić information content (AvgIpc) is 3.69. The fourth-order valence-electron chi connectivity index (χ4n) is 7.87. The predicted octanol–water partition coefficient (Wildman–Crippen LogP) is 12.0. The van der Waals surface area contributed by atoms with Crippen molar-refractivity contribution in [2.45, 2.75) is 38.5 Å². The number of anilines is 3. The van der Waals surface area contributed by atoms with Crippen LogP contribution < -0.4 is 4.90 Å². The van der Waals surface area contributed by atoms with Crippen LogP contribution >= 0.6 is 11.3 Å². The smallest absolute Gasteiger partial charge is 0.124 e. The third-order valence-corrected chi connectivity index (χ3v) is 11.4. The highest BCUT2D eigenvalue weighted by Gasteiger charge is 2.37. The highest BCUT2D eigenvalue weighted by Crippen LogP contribution is 2.53. The van der Waals surface area contributed by atoms with Gasteiger partial charge in [-0.1, -0.05) is 119 Å². The lowest BCUT2D eigenvalue weighted by Crippen LogP contribution is -2.18. The molecule has 1 heterocycles. The van der Waals surface area contributed by atoms with Gasteiger partial charge in [0.2, 0.25) is 0 Å². The molecule has 0 unspecified atom stereocenters. The molecule has 0 radical (unpaired) electrons. The zero-order valence-corrected chi connectivity index (χ0v) is 27.3. The fourth-order valence-corrected chi connectivity index (χ4v) is 8.87. The van der Waals surface area contributed by atoms with Crippen LogP contribution in [0.3, 0.4) is 0 Å². The molecule has 9 rings (SSSR count). The molecule has 2 aliphatic rings. The maximum absolute atomic E-state index is 5.01. The van der Waals surface area contributed by atoms with Crippen molar-refractivity contribution in [1.82, 2.24) is 4.98 Å². The Bertz CT molecular complexity index is 2220. The van der Waals surface area contributed by atoms with Gasteiger partial charge in [0.1, 0.15) is 5.01 Å². The van der Waals surface area contributed by atoms with Crippen LogP contribution in [0.4, 0.5) is 17.1 Å². The Hall–Kier alpha value is -4.99. The molecule has 0 saturated carbocycles. The van der Waals surface area contributed by atoms with Crippen molar-refractivity contribution in [2.24, 2.45) is 0 Å². The van der Waals surface area contributed by atoms with Crippen LogP contribution in [0.25, 0.3) is 43.0 Å². The summed E-state index contributed by atoms with van der Waals surface area (Å²) in [7, 11) is 0. The van der Waals surface area contributed by atoms with Crippen LogP contribution in [0, 0.1) is 0 Å². The first kappa shape index (κ1) is 27.3. The monoisotopic (exact) mass is 610 g/mol. The Morgan fingerprint density at radius 1 is 0.478 bits per heavy atom. The second-order valence-corrected chi connectivity index (χ2v) is 14.7. The molecule has 7 aromatic rings. The van der Waals surface area contributed by atoms with Gasteiger partial charge in [-0.15, -0.1) is 11.3 Å². The van der Waals surface area contributed by atoms with Crippen LogP contribution in [0.1, 0.15) is 49.9 Å². The summed E-state index contributed by atoms with van der Waals surface area (Å²) in [4.78, 5) is 7.45. The van der Waals surface area contributed by atoms with Crippen LogP contribution in [-0.2, 0) is 10.8 Å². The quantitative estimate of drug-likeness (QED) is 0.197. The standard InChI is InChI=1S/C43H34N2S/c1-42(2)35-16-10-8-14-31(35)33-21-18-28(24-37(33)42)45(29-19-22-34-32-15-9-11-17-36(32)43(3,4)38(34)25-29)30-20-23-39-40(26-30)46-41(44-39)27-12-6-5-7-13-27/h5-26H,1-4H3. The van der Waals surface area contributed by atoms with Crippen molar-refractivity contribution in [2.75, 3.05) is 4.90 Å². The van der Waals surface area contributed by atoms with E-state index >= 15 is 0 Å². The van der Waals surface area contributed by atoms with Gasteiger partial charge in [-0.3, -0.25) is 0 Å². The molecule has 0 saturated heterocycles. The molecule has 222 valence electrons. The molecule has 0 N–H and O–H groups in total. The van der Waals surface area contributed by atoms with Gasteiger partial charge in [-0.05, 0) is 87.0 Å². The number of thiazole rings is 1. The largest absolute Gasteiger partial charge is 0.310 e. The van der Waals surface area contributed by atoms with E-state index < -0.39 is 0 Å². The highest BCUT2D eigenvalue weighted by molar-refractivity contribution is 7.21. The van der Waals surface area contributed by atoms with Crippen molar-refractivity contribution in [1.29, 1.82) is 0 Å². The van der Waals surface area contributed by atoms with E-state index in [9.17, 15) is 0 Å². The molecule has 6 aromatic carbocycles. The minimum atomic E-state index is -0.0820. The van der Waals surface area contributed by atoms with Gasteiger partial charge in [0.05, 0.1) is 10.2 Å². The third kappa shape index (κ3) is 3.91. The summed E-state index contributed by atoms with van der Waals surface area (Å²) in [6, 6.07) is 49.1. The van der Waals surface area contributed by atoms with Gasteiger partial charge in [0.15, 0.2) is 0 Å². The molecule has 0 aliphatic heterocycles. The number of rotatable bonds is 4. The molecule has 2 nitrogen and oxygen atoms in total. The molecule has 0 spiro atoms. The number of aromatic nitrogens is 1. The van der Waals surface area contributed by atoms with Crippen LogP contribution in [0.15, 0.2) is 133 Å². The molecule has 0 fully saturated rings. The predicted molar refractivity (Wildman–Crippen MR) is 195 cm³/mol. The van der Waals surface area contributed by atoms with E-state index in [1.54, 1.807) is 11.3 Å². The van der Waals surface area contributed by atoms with Crippen LogP contribution in [-0.4, -0.2) is 4.98 Å². The third-order valence-electron chi connectivity index (χ3n) is 10.3. The molecule has 0 amide bonds. The summed E-state index contributed by atoms with van der Waals surface area (Å²) < 4.78 is 1.18. The van der Waals surface area contributed by atoms with Gasteiger partial charge >= 0.3 is 0 Å². The first-order chi connectivity index (χ1) is 22.3. The Morgan fingerprint density at radius 2 is 0.957 bits per heavy atom. The molecule has 2 aliphatic carbocycles. The minimum Gasteiger partial charge on any atom is -0.310 e. The number of benzene rings is 6. The molecular formula is C43H34N2S. The second-order valence-electron chi connectivity index (χ2n) is 13.7. The summed E-state index contributed by atoms with van der Waals surface area (Å²) >= 11 is 1.76. The molecule has 46 heavy (non-hydrogen) atoms. The summed E-state index contributed by atoms with van der Waals surface area (Å²) in [5, 5.41) is 1.05. The van der Waals surface area contributed by atoms with E-state index in [0.717, 1.165) is 21.8 Å². The lowest BCUT2D eigenvalue weighted by molar-refractivity contribution is 0.660. The highest BCUT2D eigenvalue weighted by atomic mass is 32.1. The van der Waals surface area contributed by atoms with Crippen molar-refractivity contribution in [3.8, 4) is 32.8 Å². The molecule has 0 atom stereocenters. The summed E-state index contributed by atoms with van der Waals surface area (Å²) in [6.45, 7) is 9.43. The van der Waals surface area contributed by atoms with Gasteiger partial charge in [0, 0.05) is 33.5 Å². The van der Waals surface area contributed by atoms with E-state index in [-0.39, 0.29) is 10.8 Å². The molecule has 0 bridgehead atoms. The summed E-state index contributed by atoms with van der Waals surface area (Å²) in [5.41, 5.74) is 16.4. The first-order valence-corrected chi connectivity index (χ1v) is 16.9. The Morgan fingerprint density at radius 3 is 1.54 bits per heavy atom. The lowest BCUT2D eigenvalue weighted by Gasteiger charge is -2.29. The number of hydrogen-bond acceptors (Lipinski definition) is 3. The number of fused-ring (bicyclic) bond motifs is 7. The van der Waals surface area contributed by atoms with Crippen molar-refractivity contribution in [3.63, 3.8) is 0 Å². The fraction of sp³-hybridized carbons (Fsp3) is 0.140. The lowest BCUT2D eigenvalue weighted by atomic mass is 9.82. The number of hydrogen-bond donors (Lipinski definition) is 0. The average molecular weight is 611 g/mol. The first-order valence-electron chi connectivity index (χ1n) is 16.1. The Balaban J connectivity index is 1.23. The zero-order chi connectivity index (χ0) is 31.2. The van der Waals surface area contributed by atoms with Gasteiger partial charge in [-0.2, -0.15) is 0 Å². The topological polar surface area (TPSA) is 16.1 Å². The maximum Gasteiger partial charge on any atom is 0.124 e. The van der Waals surface area contributed by atoms with Gasteiger partial charge in [-0.25, -0.2) is 4.98 Å². The van der Waals surface area contributed by atoms with Gasteiger partial charge < -0.3 is 4.90 Å². The Kier molecular flexibility index (Phi) is 5.80. The molecule has 3 heteroatoms.